The van der Waals surface area contributed by atoms with E-state index >= 15 is 0 Å². The van der Waals surface area contributed by atoms with Gasteiger partial charge in [-0.1, -0.05) is 13.8 Å². The van der Waals surface area contributed by atoms with Crippen molar-refractivity contribution in [3.63, 3.8) is 0 Å². The van der Waals surface area contributed by atoms with Crippen LogP contribution in [0.3, 0.4) is 0 Å². The lowest BCUT2D eigenvalue weighted by Gasteiger charge is -2.18. The standard InChI is InChI=1S/C13H21F3N4O/c1-9(2)11(18-4)12(21)20-8-7-19-6-5-10(17-3)13(14,15)16/h5-6,9,11,18H,3,7-8H2,1-2,4H3,(H,20,21)/b10-5-,19-6?. The molecule has 0 fully saturated rings. The lowest BCUT2D eigenvalue weighted by Crippen LogP contribution is -2.46. The third-order valence-corrected chi connectivity index (χ3v) is 2.60. The number of nitrogens with zero attached hydrogens (tertiary/aromatic N) is 2. The number of likely N-dealkylation sites (N-methyl/N-ethyl adjacent to an activating group) is 1. The molecule has 0 bridgehead atoms. The van der Waals surface area contributed by atoms with Crippen molar-refractivity contribution in [1.82, 2.24) is 10.6 Å². The predicted molar refractivity (Wildman–Crippen MR) is 77.7 cm³/mol. The topological polar surface area (TPSA) is 65.8 Å². The van der Waals surface area contributed by atoms with Gasteiger partial charge in [0, 0.05) is 12.8 Å². The number of allylic oxidation sites excluding steroid dienone is 2. The summed E-state index contributed by atoms with van der Waals surface area (Å²) in [5, 5.41) is 5.54. The smallest absolute Gasteiger partial charge is 0.353 e. The van der Waals surface area contributed by atoms with Gasteiger partial charge in [0.1, 0.15) is 5.70 Å². The molecule has 0 saturated carbocycles. The quantitative estimate of drug-likeness (QED) is 0.528. The Morgan fingerprint density at radius 3 is 2.43 bits per heavy atom. The van der Waals surface area contributed by atoms with E-state index in [2.05, 4.69) is 27.3 Å². The predicted octanol–water partition coefficient (Wildman–Crippen LogP) is 1.56. The first kappa shape index (κ1) is 19.3. The Bertz CT molecular complexity index is 403. The van der Waals surface area contributed by atoms with E-state index in [1.54, 1.807) is 7.05 Å². The Kier molecular flexibility index (Phi) is 8.52. The molecule has 0 aliphatic rings. The molecule has 1 unspecified atom stereocenters. The van der Waals surface area contributed by atoms with Crippen molar-refractivity contribution in [2.24, 2.45) is 15.9 Å². The molecule has 0 saturated heterocycles. The largest absolute Gasteiger partial charge is 0.433 e. The number of amides is 1. The summed E-state index contributed by atoms with van der Waals surface area (Å²) in [5.41, 5.74) is -1.11. The molecule has 0 aromatic heterocycles. The molecule has 8 heteroatoms. The summed E-state index contributed by atoms with van der Waals surface area (Å²) in [6.07, 6.45) is -2.81. The van der Waals surface area contributed by atoms with Gasteiger partial charge >= 0.3 is 6.18 Å². The second-order valence-electron chi connectivity index (χ2n) is 4.56. The number of hydrogen-bond donors (Lipinski definition) is 2. The van der Waals surface area contributed by atoms with E-state index in [1.807, 2.05) is 13.8 Å². The van der Waals surface area contributed by atoms with Crippen LogP contribution in [0.2, 0.25) is 0 Å². The van der Waals surface area contributed by atoms with Gasteiger partial charge in [0.2, 0.25) is 5.91 Å². The number of carbonyl (C=O) groups is 1. The van der Waals surface area contributed by atoms with Crippen LogP contribution in [0, 0.1) is 5.92 Å². The summed E-state index contributed by atoms with van der Waals surface area (Å²) in [6.45, 7) is 7.09. The Balaban J connectivity index is 4.22. The van der Waals surface area contributed by atoms with Crippen LogP contribution < -0.4 is 10.6 Å². The fourth-order valence-electron chi connectivity index (χ4n) is 1.56. The molecular weight excluding hydrogens is 285 g/mol. The van der Waals surface area contributed by atoms with E-state index in [9.17, 15) is 18.0 Å². The molecular formula is C13H21F3N4O. The molecule has 0 aliphatic carbocycles. The molecule has 0 radical (unpaired) electrons. The van der Waals surface area contributed by atoms with Crippen LogP contribution in [0.5, 0.6) is 0 Å². The Labute approximate surface area is 122 Å². The number of carbonyl (C=O) groups excluding carboxylic acids is 1. The lowest BCUT2D eigenvalue weighted by molar-refractivity contribution is -0.123. The highest BCUT2D eigenvalue weighted by molar-refractivity contribution is 5.82. The van der Waals surface area contributed by atoms with Gasteiger partial charge in [0.25, 0.3) is 0 Å². The first-order valence-corrected chi connectivity index (χ1v) is 6.43. The number of nitrogens with one attached hydrogen (secondary N) is 2. The van der Waals surface area contributed by atoms with E-state index in [0.717, 1.165) is 12.3 Å². The first-order chi connectivity index (χ1) is 9.73. The van der Waals surface area contributed by atoms with Crippen molar-refractivity contribution in [2.75, 3.05) is 20.1 Å². The van der Waals surface area contributed by atoms with E-state index in [0.29, 0.717) is 0 Å². The molecule has 2 N–H and O–H groups in total. The molecule has 0 aromatic rings. The summed E-state index contributed by atoms with van der Waals surface area (Å²) in [7, 11) is 1.69. The monoisotopic (exact) mass is 306 g/mol. The van der Waals surface area contributed by atoms with E-state index in [1.165, 1.54) is 0 Å². The zero-order chi connectivity index (χ0) is 16.5. The van der Waals surface area contributed by atoms with Crippen molar-refractivity contribution < 1.29 is 18.0 Å². The molecule has 21 heavy (non-hydrogen) atoms. The third-order valence-electron chi connectivity index (χ3n) is 2.60. The Morgan fingerprint density at radius 2 is 2.00 bits per heavy atom. The average Bonchev–Trinajstić information content (AvgIpc) is 2.36. The SMILES string of the molecule is C=N/C(=C\C=NCCNC(=O)C(NC)C(C)C)C(F)(F)F. The van der Waals surface area contributed by atoms with E-state index < -0.39 is 11.9 Å². The van der Waals surface area contributed by atoms with Crippen LogP contribution in [0.4, 0.5) is 13.2 Å². The van der Waals surface area contributed by atoms with Crippen molar-refractivity contribution in [3.8, 4) is 0 Å². The summed E-state index contributed by atoms with van der Waals surface area (Å²) < 4.78 is 36.8. The average molecular weight is 306 g/mol. The van der Waals surface area contributed by atoms with Crippen molar-refractivity contribution in [1.29, 1.82) is 0 Å². The van der Waals surface area contributed by atoms with Crippen LogP contribution in [-0.2, 0) is 4.79 Å². The fourth-order valence-corrected chi connectivity index (χ4v) is 1.56. The van der Waals surface area contributed by atoms with Gasteiger partial charge in [-0.05, 0) is 25.8 Å². The van der Waals surface area contributed by atoms with Crippen LogP contribution in [0.25, 0.3) is 0 Å². The fraction of sp³-hybridized carbons (Fsp3) is 0.615. The molecule has 120 valence electrons. The van der Waals surface area contributed by atoms with Crippen LogP contribution >= 0.6 is 0 Å². The van der Waals surface area contributed by atoms with Gasteiger partial charge in [0.15, 0.2) is 0 Å². The number of halogens is 3. The second kappa shape index (κ2) is 9.28. The van der Waals surface area contributed by atoms with Crippen LogP contribution in [0.1, 0.15) is 13.8 Å². The number of alkyl halides is 3. The molecule has 0 rings (SSSR count). The van der Waals surface area contributed by atoms with Gasteiger partial charge in [-0.2, -0.15) is 13.2 Å². The number of aliphatic imine (C=N–C) groups is 2. The maximum Gasteiger partial charge on any atom is 0.433 e. The summed E-state index contributed by atoms with van der Waals surface area (Å²) in [5.74, 6) is -0.0311. The minimum absolute atomic E-state index is 0.134. The van der Waals surface area contributed by atoms with Crippen LogP contribution in [0.15, 0.2) is 21.8 Å². The Hall–Kier alpha value is -1.70. The molecule has 1 amide bonds. The highest BCUT2D eigenvalue weighted by Crippen LogP contribution is 2.25. The van der Waals surface area contributed by atoms with Gasteiger partial charge in [0.05, 0.1) is 12.6 Å². The molecule has 0 heterocycles. The van der Waals surface area contributed by atoms with Gasteiger partial charge in [-0.15, -0.1) is 0 Å². The van der Waals surface area contributed by atoms with Gasteiger partial charge < -0.3 is 10.6 Å². The van der Waals surface area contributed by atoms with Gasteiger partial charge in [-0.3, -0.25) is 14.8 Å². The van der Waals surface area contributed by atoms with Gasteiger partial charge in [-0.25, -0.2) is 0 Å². The zero-order valence-electron chi connectivity index (χ0n) is 12.4. The molecule has 0 spiro atoms. The van der Waals surface area contributed by atoms with Crippen LogP contribution in [-0.4, -0.2) is 51.2 Å². The van der Waals surface area contributed by atoms with Crippen molar-refractivity contribution >= 4 is 18.8 Å². The molecule has 5 nitrogen and oxygen atoms in total. The van der Waals surface area contributed by atoms with E-state index in [4.69, 9.17) is 0 Å². The summed E-state index contributed by atoms with van der Waals surface area (Å²) >= 11 is 0. The highest BCUT2D eigenvalue weighted by Gasteiger charge is 2.32. The molecule has 0 aromatic carbocycles. The van der Waals surface area contributed by atoms with Crippen molar-refractivity contribution in [2.45, 2.75) is 26.1 Å². The summed E-state index contributed by atoms with van der Waals surface area (Å²) in [6, 6.07) is -0.310. The number of rotatable bonds is 8. The zero-order valence-corrected chi connectivity index (χ0v) is 12.4. The number of hydrogen-bond acceptors (Lipinski definition) is 4. The lowest BCUT2D eigenvalue weighted by atomic mass is 10.0. The maximum absolute atomic E-state index is 12.3. The maximum atomic E-state index is 12.3. The normalized spacial score (nSPS) is 14.5. The summed E-state index contributed by atoms with van der Waals surface area (Å²) in [4.78, 5) is 18.4. The molecule has 0 aliphatic heterocycles. The van der Waals surface area contributed by atoms with E-state index in [-0.39, 0.29) is 31.0 Å². The van der Waals surface area contributed by atoms with Crippen molar-refractivity contribution in [3.05, 3.63) is 11.8 Å². The Morgan fingerprint density at radius 1 is 1.38 bits per heavy atom. The first-order valence-electron chi connectivity index (χ1n) is 6.43. The minimum atomic E-state index is -4.54. The molecule has 1 atom stereocenters. The highest BCUT2D eigenvalue weighted by atomic mass is 19.4. The third kappa shape index (κ3) is 7.60. The minimum Gasteiger partial charge on any atom is -0.353 e. The second-order valence-corrected chi connectivity index (χ2v) is 4.56.